The third-order valence-corrected chi connectivity index (χ3v) is 13.5. The Kier molecular flexibility index (Phi) is 7.58. The zero-order valence-corrected chi connectivity index (χ0v) is 25.4. The van der Waals surface area contributed by atoms with Crippen LogP contribution in [0, 0.1) is 58.2 Å². The number of allylic oxidation sites excluding steroid dienone is 1. The highest BCUT2D eigenvalue weighted by atomic mass is 16.5. The molecule has 3 unspecified atom stereocenters. The van der Waals surface area contributed by atoms with Gasteiger partial charge < -0.3 is 9.64 Å². The molecule has 3 saturated carbocycles. The molecule has 0 radical (unpaired) electrons. The van der Waals surface area contributed by atoms with Crippen LogP contribution in [0.5, 0.6) is 0 Å². The van der Waals surface area contributed by atoms with E-state index >= 15 is 0 Å². The van der Waals surface area contributed by atoms with Gasteiger partial charge in [-0.25, -0.2) is 0 Å². The summed E-state index contributed by atoms with van der Waals surface area (Å²) in [5.74, 6) is 6.11. The van der Waals surface area contributed by atoms with Gasteiger partial charge in [-0.05, 0) is 123 Å². The summed E-state index contributed by atoms with van der Waals surface area (Å²) in [6.07, 6.45) is 19.8. The number of carbonyl (C=O) groups excluding carboxylic acids is 1. The second kappa shape index (κ2) is 10.5. The van der Waals surface area contributed by atoms with Gasteiger partial charge in [0.15, 0.2) is 0 Å². The van der Waals surface area contributed by atoms with Crippen LogP contribution in [0.2, 0.25) is 0 Å². The first-order valence-corrected chi connectivity index (χ1v) is 16.8. The lowest BCUT2D eigenvalue weighted by atomic mass is 9.47. The fourth-order valence-corrected chi connectivity index (χ4v) is 11.2. The lowest BCUT2D eigenvalue weighted by Gasteiger charge is -2.58. The van der Waals surface area contributed by atoms with Crippen LogP contribution in [0.15, 0.2) is 11.6 Å². The number of hydrogen-bond donors (Lipinski definition) is 0. The second-order valence-electron chi connectivity index (χ2n) is 15.8. The number of nitrogens with zero attached hydrogens (tertiary/aromatic N) is 1. The van der Waals surface area contributed by atoms with Gasteiger partial charge in [-0.3, -0.25) is 4.79 Å². The molecule has 3 aliphatic heterocycles. The third-order valence-electron chi connectivity index (χ3n) is 13.5. The van der Waals surface area contributed by atoms with Gasteiger partial charge in [-0.15, -0.1) is 0 Å². The summed E-state index contributed by atoms with van der Waals surface area (Å²) in [7, 11) is 0. The molecule has 214 valence electrons. The topological polar surface area (TPSA) is 29.5 Å². The van der Waals surface area contributed by atoms with E-state index in [4.69, 9.17) is 4.74 Å². The Morgan fingerprint density at radius 1 is 1.00 bits per heavy atom. The Morgan fingerprint density at radius 2 is 1.79 bits per heavy atom. The quantitative estimate of drug-likeness (QED) is 0.248. The number of rotatable bonds is 7. The van der Waals surface area contributed by atoms with Gasteiger partial charge in [0.25, 0.3) is 0 Å². The number of carbonyl (C=O) groups is 1. The van der Waals surface area contributed by atoms with Gasteiger partial charge in [0, 0.05) is 13.0 Å². The Hall–Kier alpha value is -0.830. The van der Waals surface area contributed by atoms with Crippen molar-refractivity contribution in [3.05, 3.63) is 11.6 Å². The maximum atomic E-state index is 13.2. The van der Waals surface area contributed by atoms with Gasteiger partial charge in [0.05, 0.1) is 5.92 Å². The minimum Gasteiger partial charge on any atom is -0.462 e. The van der Waals surface area contributed by atoms with Gasteiger partial charge >= 0.3 is 5.97 Å². The highest BCUT2D eigenvalue weighted by Crippen LogP contribution is 2.67. The highest BCUT2D eigenvalue weighted by molar-refractivity contribution is 5.73. The smallest absolute Gasteiger partial charge is 0.310 e. The van der Waals surface area contributed by atoms with Crippen LogP contribution in [0.4, 0.5) is 0 Å². The number of piperidine rings is 3. The summed E-state index contributed by atoms with van der Waals surface area (Å²) in [4.78, 5) is 15.7. The van der Waals surface area contributed by atoms with Gasteiger partial charge in [-0.2, -0.15) is 0 Å². The molecule has 38 heavy (non-hydrogen) atoms. The van der Waals surface area contributed by atoms with Crippen LogP contribution in [-0.2, 0) is 9.53 Å². The molecule has 7 rings (SSSR count). The molecule has 3 heterocycles. The maximum Gasteiger partial charge on any atom is 0.310 e. The maximum absolute atomic E-state index is 13.2. The number of ether oxygens (including phenoxy) is 1. The van der Waals surface area contributed by atoms with Gasteiger partial charge in [0.1, 0.15) is 6.10 Å². The van der Waals surface area contributed by atoms with E-state index in [1.807, 2.05) is 0 Å². The molecular formula is C35H57NO2. The van der Waals surface area contributed by atoms with Crippen molar-refractivity contribution >= 4 is 5.97 Å². The first kappa shape index (κ1) is 27.3. The molecule has 0 aromatic carbocycles. The molecule has 6 fully saturated rings. The first-order chi connectivity index (χ1) is 18.2. The summed E-state index contributed by atoms with van der Waals surface area (Å²) in [6.45, 7) is 16.0. The first-order valence-electron chi connectivity index (χ1n) is 16.8. The largest absolute Gasteiger partial charge is 0.462 e. The lowest BCUT2D eigenvalue weighted by molar-refractivity contribution is -0.163. The predicted octanol–water partition coefficient (Wildman–Crippen LogP) is 8.28. The minimum absolute atomic E-state index is 0.116. The standard InChI is InChI=1S/C35H57NO2/c1-23(2)7-6-8-24(3)30-11-12-31-28-10-9-26-21-27(13-17-34(26,4)32(28)14-18-35(30,31)5)38-33(37)29-22-36-19-15-25(29)16-20-36/h9,23-25,27-32H,6-8,10-22H2,1-5H3/t24-,27+,28?,29?,30-,31+,32+,34?,35-/m1/s1. The average molecular weight is 524 g/mol. The zero-order chi connectivity index (χ0) is 26.7. The highest BCUT2D eigenvalue weighted by Gasteiger charge is 2.59. The number of fused-ring (bicyclic) bond motifs is 8. The van der Waals surface area contributed by atoms with Crippen LogP contribution in [-0.4, -0.2) is 36.6 Å². The Labute approximate surface area is 233 Å². The van der Waals surface area contributed by atoms with E-state index in [0.29, 0.717) is 16.7 Å². The summed E-state index contributed by atoms with van der Waals surface area (Å²) < 4.78 is 6.28. The van der Waals surface area contributed by atoms with Crippen LogP contribution in [0.25, 0.3) is 0 Å². The van der Waals surface area contributed by atoms with E-state index in [0.717, 1.165) is 54.9 Å². The van der Waals surface area contributed by atoms with Crippen molar-refractivity contribution in [2.75, 3.05) is 19.6 Å². The molecule has 0 aromatic heterocycles. The van der Waals surface area contributed by atoms with Crippen LogP contribution < -0.4 is 0 Å². The Balaban J connectivity index is 1.10. The van der Waals surface area contributed by atoms with Crippen molar-refractivity contribution < 1.29 is 9.53 Å². The molecular weight excluding hydrogens is 466 g/mol. The fourth-order valence-electron chi connectivity index (χ4n) is 11.2. The van der Waals surface area contributed by atoms with Crippen molar-refractivity contribution in [3.8, 4) is 0 Å². The second-order valence-corrected chi connectivity index (χ2v) is 15.8. The fraction of sp³-hybridized carbons (Fsp3) is 0.914. The van der Waals surface area contributed by atoms with E-state index < -0.39 is 0 Å². The SMILES string of the molecule is CC(C)CCC[C@@H](C)[C@H]1CC[C@H]2C3CC=C4C[C@@H](OC(=O)C5CN6CCC5CC6)CCC4(C)[C@H]3CC[C@]12C. The van der Waals surface area contributed by atoms with Crippen molar-refractivity contribution in [2.24, 2.45) is 58.2 Å². The van der Waals surface area contributed by atoms with Crippen molar-refractivity contribution in [3.63, 3.8) is 0 Å². The average Bonchev–Trinajstić information content (AvgIpc) is 3.26. The summed E-state index contributed by atoms with van der Waals surface area (Å²) >= 11 is 0. The Bertz CT molecular complexity index is 902. The molecule has 0 N–H and O–H groups in total. The third kappa shape index (κ3) is 4.73. The molecule has 0 amide bonds. The van der Waals surface area contributed by atoms with Crippen LogP contribution in [0.1, 0.15) is 118 Å². The molecule has 0 spiro atoms. The lowest BCUT2D eigenvalue weighted by Crippen LogP contribution is -2.52. The van der Waals surface area contributed by atoms with E-state index in [2.05, 4.69) is 45.6 Å². The van der Waals surface area contributed by atoms with Crippen LogP contribution in [0.3, 0.4) is 0 Å². The molecule has 0 aromatic rings. The van der Waals surface area contributed by atoms with Gasteiger partial charge in [0.2, 0.25) is 0 Å². The van der Waals surface area contributed by atoms with Crippen molar-refractivity contribution in [1.82, 2.24) is 4.90 Å². The van der Waals surface area contributed by atoms with Crippen LogP contribution >= 0.6 is 0 Å². The number of esters is 1. The molecule has 3 saturated heterocycles. The monoisotopic (exact) mass is 523 g/mol. The van der Waals surface area contributed by atoms with E-state index in [1.165, 1.54) is 83.7 Å². The van der Waals surface area contributed by atoms with E-state index in [-0.39, 0.29) is 18.0 Å². The van der Waals surface area contributed by atoms with Gasteiger partial charge in [-0.1, -0.05) is 65.5 Å². The van der Waals surface area contributed by atoms with E-state index in [1.54, 1.807) is 5.57 Å². The normalized spacial score (nSPS) is 46.6. The minimum atomic E-state index is 0.116. The molecule has 4 aliphatic carbocycles. The summed E-state index contributed by atoms with van der Waals surface area (Å²) in [6, 6.07) is 0. The Morgan fingerprint density at radius 3 is 2.50 bits per heavy atom. The van der Waals surface area contributed by atoms with Crippen molar-refractivity contribution in [2.45, 2.75) is 124 Å². The summed E-state index contributed by atoms with van der Waals surface area (Å²) in [5, 5.41) is 0. The molecule has 3 nitrogen and oxygen atoms in total. The zero-order valence-electron chi connectivity index (χ0n) is 25.4. The number of hydrogen-bond acceptors (Lipinski definition) is 3. The van der Waals surface area contributed by atoms with Crippen molar-refractivity contribution in [1.29, 1.82) is 0 Å². The molecule has 7 aliphatic rings. The molecule has 9 atom stereocenters. The molecule has 3 heteroatoms. The predicted molar refractivity (Wildman–Crippen MR) is 156 cm³/mol. The molecule has 2 bridgehead atoms. The summed E-state index contributed by atoms with van der Waals surface area (Å²) in [5.41, 5.74) is 2.54. The van der Waals surface area contributed by atoms with E-state index in [9.17, 15) is 4.79 Å².